The molecular formula is C18H39N. The van der Waals surface area contributed by atoms with Crippen molar-refractivity contribution in [2.75, 3.05) is 13.1 Å². The van der Waals surface area contributed by atoms with E-state index in [2.05, 4.69) is 39.9 Å². The second-order valence-electron chi connectivity index (χ2n) is 6.81. The van der Waals surface area contributed by atoms with E-state index in [1.165, 1.54) is 64.3 Å². The van der Waals surface area contributed by atoms with E-state index < -0.39 is 0 Å². The zero-order chi connectivity index (χ0) is 14.6. The number of hydrogen-bond donors (Lipinski definition) is 1. The molecule has 0 amide bonds. The van der Waals surface area contributed by atoms with Crippen LogP contribution in [0, 0.1) is 11.3 Å². The highest BCUT2D eigenvalue weighted by atomic mass is 14.9. The predicted octanol–water partition coefficient (Wildman–Crippen LogP) is 5.79. The van der Waals surface area contributed by atoms with Crippen molar-refractivity contribution < 1.29 is 0 Å². The van der Waals surface area contributed by atoms with Gasteiger partial charge in [0.15, 0.2) is 0 Å². The minimum atomic E-state index is 0.484. The van der Waals surface area contributed by atoms with Gasteiger partial charge in [0.25, 0.3) is 0 Å². The average Bonchev–Trinajstić information content (AvgIpc) is 2.39. The molecule has 0 rings (SSSR count). The van der Waals surface area contributed by atoms with Crippen molar-refractivity contribution in [1.29, 1.82) is 0 Å². The summed E-state index contributed by atoms with van der Waals surface area (Å²) in [5.41, 5.74) is 0.484. The molecule has 0 saturated heterocycles. The smallest absolute Gasteiger partial charge is 0.000749 e. The maximum Gasteiger partial charge on any atom is 0.000749 e. The minimum absolute atomic E-state index is 0.484. The molecule has 0 aliphatic heterocycles. The molecule has 1 nitrogen and oxygen atoms in total. The third kappa shape index (κ3) is 9.49. The van der Waals surface area contributed by atoms with Crippen LogP contribution in [-0.2, 0) is 0 Å². The van der Waals surface area contributed by atoms with E-state index in [9.17, 15) is 0 Å². The van der Waals surface area contributed by atoms with Crippen molar-refractivity contribution >= 4 is 0 Å². The van der Waals surface area contributed by atoms with Gasteiger partial charge in [0.05, 0.1) is 0 Å². The lowest BCUT2D eigenvalue weighted by atomic mass is 9.75. The van der Waals surface area contributed by atoms with Gasteiger partial charge in [-0.2, -0.15) is 0 Å². The van der Waals surface area contributed by atoms with Crippen molar-refractivity contribution in [3.05, 3.63) is 0 Å². The second-order valence-corrected chi connectivity index (χ2v) is 6.81. The standard InChI is InChI=1S/C18H39N/c1-6-8-9-10-11-12-13-14-15-18(5,17(3)4)16-19-7-2/h17,19H,6-16H2,1-5H3. The fourth-order valence-electron chi connectivity index (χ4n) is 2.65. The summed E-state index contributed by atoms with van der Waals surface area (Å²) in [4.78, 5) is 0. The topological polar surface area (TPSA) is 12.0 Å². The van der Waals surface area contributed by atoms with Crippen LogP contribution in [0.1, 0.15) is 92.4 Å². The SMILES string of the molecule is CCCCCCCCCCC(C)(CNCC)C(C)C. The maximum atomic E-state index is 3.55. The normalized spacial score (nSPS) is 14.8. The zero-order valence-corrected chi connectivity index (χ0v) is 14.4. The molecule has 0 aromatic carbocycles. The molecule has 0 aromatic heterocycles. The number of nitrogens with one attached hydrogen (secondary N) is 1. The summed E-state index contributed by atoms with van der Waals surface area (Å²) < 4.78 is 0. The Morgan fingerprint density at radius 2 is 1.37 bits per heavy atom. The number of rotatable bonds is 13. The van der Waals surface area contributed by atoms with E-state index in [1.807, 2.05) is 0 Å². The Labute approximate surface area is 122 Å². The monoisotopic (exact) mass is 269 g/mol. The van der Waals surface area contributed by atoms with E-state index >= 15 is 0 Å². The summed E-state index contributed by atoms with van der Waals surface area (Å²) in [5, 5.41) is 3.55. The van der Waals surface area contributed by atoms with Crippen molar-refractivity contribution in [2.24, 2.45) is 11.3 Å². The van der Waals surface area contributed by atoms with Crippen molar-refractivity contribution in [3.63, 3.8) is 0 Å². The zero-order valence-electron chi connectivity index (χ0n) is 14.4. The van der Waals surface area contributed by atoms with Crippen LogP contribution >= 0.6 is 0 Å². The van der Waals surface area contributed by atoms with Crippen LogP contribution in [-0.4, -0.2) is 13.1 Å². The van der Waals surface area contributed by atoms with Crippen LogP contribution in [0.4, 0.5) is 0 Å². The molecule has 0 saturated carbocycles. The fraction of sp³-hybridized carbons (Fsp3) is 1.00. The highest BCUT2D eigenvalue weighted by Crippen LogP contribution is 2.32. The molecule has 116 valence electrons. The molecule has 1 heteroatoms. The van der Waals surface area contributed by atoms with Gasteiger partial charge in [0.2, 0.25) is 0 Å². The first-order valence-electron chi connectivity index (χ1n) is 8.77. The molecule has 0 aliphatic rings. The summed E-state index contributed by atoms with van der Waals surface area (Å²) in [6, 6.07) is 0. The third-order valence-corrected chi connectivity index (χ3v) is 4.77. The van der Waals surface area contributed by atoms with Gasteiger partial charge < -0.3 is 5.32 Å². The quantitative estimate of drug-likeness (QED) is 0.417. The molecule has 19 heavy (non-hydrogen) atoms. The van der Waals surface area contributed by atoms with Gasteiger partial charge in [0, 0.05) is 6.54 Å². The van der Waals surface area contributed by atoms with Gasteiger partial charge in [-0.3, -0.25) is 0 Å². The Bertz CT molecular complexity index is 188. The molecule has 1 atom stereocenters. The van der Waals surface area contributed by atoms with Crippen LogP contribution < -0.4 is 5.32 Å². The Morgan fingerprint density at radius 3 is 1.84 bits per heavy atom. The highest BCUT2D eigenvalue weighted by Gasteiger charge is 2.26. The Balaban J connectivity index is 3.64. The summed E-state index contributed by atoms with van der Waals surface area (Å²) in [6.45, 7) is 14.0. The van der Waals surface area contributed by atoms with Crippen LogP contribution in [0.25, 0.3) is 0 Å². The lowest BCUT2D eigenvalue weighted by molar-refractivity contribution is 0.186. The van der Waals surface area contributed by atoms with Crippen LogP contribution in [0.3, 0.4) is 0 Å². The molecule has 0 aliphatic carbocycles. The second kappa shape index (κ2) is 11.8. The van der Waals surface area contributed by atoms with Crippen molar-refractivity contribution in [3.8, 4) is 0 Å². The van der Waals surface area contributed by atoms with Crippen LogP contribution in [0.15, 0.2) is 0 Å². The summed E-state index contributed by atoms with van der Waals surface area (Å²) >= 11 is 0. The molecule has 0 fully saturated rings. The number of unbranched alkanes of at least 4 members (excludes halogenated alkanes) is 7. The van der Waals surface area contributed by atoms with E-state index in [4.69, 9.17) is 0 Å². The summed E-state index contributed by atoms with van der Waals surface area (Å²) in [7, 11) is 0. The first-order valence-corrected chi connectivity index (χ1v) is 8.77. The van der Waals surface area contributed by atoms with Gasteiger partial charge in [0.1, 0.15) is 0 Å². The summed E-state index contributed by atoms with van der Waals surface area (Å²) in [6.07, 6.45) is 12.8. The van der Waals surface area contributed by atoms with Crippen LogP contribution in [0.5, 0.6) is 0 Å². The molecule has 0 radical (unpaired) electrons. The predicted molar refractivity (Wildman–Crippen MR) is 88.7 cm³/mol. The van der Waals surface area contributed by atoms with Gasteiger partial charge in [-0.15, -0.1) is 0 Å². The number of hydrogen-bond acceptors (Lipinski definition) is 1. The fourth-order valence-corrected chi connectivity index (χ4v) is 2.65. The van der Waals surface area contributed by atoms with Gasteiger partial charge in [-0.1, -0.05) is 86.0 Å². The molecule has 1 N–H and O–H groups in total. The summed E-state index contributed by atoms with van der Waals surface area (Å²) in [5.74, 6) is 0.774. The van der Waals surface area contributed by atoms with Crippen molar-refractivity contribution in [1.82, 2.24) is 5.32 Å². The first kappa shape index (κ1) is 19.0. The molecule has 0 heterocycles. The van der Waals surface area contributed by atoms with E-state index in [0.29, 0.717) is 5.41 Å². The van der Waals surface area contributed by atoms with Gasteiger partial charge >= 0.3 is 0 Å². The molecule has 0 spiro atoms. The molecule has 1 unspecified atom stereocenters. The van der Waals surface area contributed by atoms with Crippen molar-refractivity contribution in [2.45, 2.75) is 92.4 Å². The first-order chi connectivity index (χ1) is 9.06. The Hall–Kier alpha value is -0.0400. The van der Waals surface area contributed by atoms with Gasteiger partial charge in [-0.05, 0) is 24.3 Å². The maximum absolute atomic E-state index is 3.55. The molecule has 0 aromatic rings. The van der Waals surface area contributed by atoms with E-state index in [-0.39, 0.29) is 0 Å². The largest absolute Gasteiger partial charge is 0.316 e. The highest BCUT2D eigenvalue weighted by molar-refractivity contribution is 4.80. The lowest BCUT2D eigenvalue weighted by Crippen LogP contribution is -2.36. The Morgan fingerprint density at radius 1 is 0.842 bits per heavy atom. The van der Waals surface area contributed by atoms with Crippen LogP contribution in [0.2, 0.25) is 0 Å². The molecule has 0 bridgehead atoms. The average molecular weight is 270 g/mol. The van der Waals surface area contributed by atoms with Gasteiger partial charge in [-0.25, -0.2) is 0 Å². The molecular weight excluding hydrogens is 230 g/mol. The Kier molecular flexibility index (Phi) is 11.7. The lowest BCUT2D eigenvalue weighted by Gasteiger charge is -2.34. The van der Waals surface area contributed by atoms with E-state index in [1.54, 1.807) is 0 Å². The minimum Gasteiger partial charge on any atom is -0.316 e. The van der Waals surface area contributed by atoms with E-state index in [0.717, 1.165) is 12.5 Å². The third-order valence-electron chi connectivity index (χ3n) is 4.77.